The smallest absolute Gasteiger partial charge is 0.267 e. The van der Waals surface area contributed by atoms with Crippen molar-refractivity contribution >= 4 is 38.8 Å². The summed E-state index contributed by atoms with van der Waals surface area (Å²) in [6.45, 7) is 0. The van der Waals surface area contributed by atoms with Gasteiger partial charge in [0, 0.05) is 11.1 Å². The van der Waals surface area contributed by atoms with Gasteiger partial charge in [-0.3, -0.25) is 4.79 Å². The molecule has 7 heteroatoms. The van der Waals surface area contributed by atoms with Gasteiger partial charge in [0.15, 0.2) is 0 Å². The van der Waals surface area contributed by atoms with E-state index in [1.165, 1.54) is 41.8 Å². The zero-order valence-electron chi connectivity index (χ0n) is 10.1. The fourth-order valence-corrected chi connectivity index (χ4v) is 2.70. The average Bonchev–Trinajstić information content (AvgIpc) is 2.79. The topological polar surface area (TPSA) is 80.9 Å². The number of nitrogens with two attached hydrogens (primary N) is 1. The Morgan fingerprint density at radius 1 is 1.25 bits per heavy atom. The molecule has 5 nitrogen and oxygen atoms in total. The summed E-state index contributed by atoms with van der Waals surface area (Å²) in [5.74, 6) is -0.711. The summed E-state index contributed by atoms with van der Waals surface area (Å²) >= 11 is 1.17. The van der Waals surface area contributed by atoms with E-state index in [-0.39, 0.29) is 11.7 Å². The quantitative estimate of drug-likeness (QED) is 0.759. The third-order valence-electron chi connectivity index (χ3n) is 2.73. The van der Waals surface area contributed by atoms with Gasteiger partial charge in [-0.05, 0) is 30.3 Å². The van der Waals surface area contributed by atoms with E-state index in [1.54, 1.807) is 6.07 Å². The van der Waals surface area contributed by atoms with Gasteiger partial charge in [0.1, 0.15) is 15.5 Å². The summed E-state index contributed by atoms with van der Waals surface area (Å²) in [5, 5.41) is 11.0. The molecule has 0 spiro atoms. The summed E-state index contributed by atoms with van der Waals surface area (Å²) < 4.78 is 12.8. The van der Waals surface area contributed by atoms with Crippen LogP contribution in [-0.4, -0.2) is 16.1 Å². The van der Waals surface area contributed by atoms with Crippen LogP contribution in [0.25, 0.3) is 10.2 Å². The third-order valence-corrected chi connectivity index (χ3v) is 3.83. The Bertz CT molecular complexity index is 785. The molecule has 2 heterocycles. The molecule has 0 aliphatic heterocycles. The number of nitrogens with one attached hydrogen (secondary N) is 1. The Balaban J connectivity index is 1.92. The highest BCUT2D eigenvalue weighted by Crippen LogP contribution is 2.32. The standard InChI is InChI=1S/C13H9FN4OS/c14-7-1-3-8(4-2-7)17-12(19)11-10(15)9-5-6-16-18-13(9)20-11/h1-6H,15H2,(H,17,19). The minimum Gasteiger partial charge on any atom is -0.397 e. The van der Waals surface area contributed by atoms with E-state index in [1.807, 2.05) is 0 Å². The zero-order chi connectivity index (χ0) is 14.1. The first-order chi connectivity index (χ1) is 9.65. The average molecular weight is 288 g/mol. The first kappa shape index (κ1) is 12.5. The van der Waals surface area contributed by atoms with Gasteiger partial charge < -0.3 is 11.1 Å². The number of halogens is 1. The molecule has 100 valence electrons. The van der Waals surface area contributed by atoms with Crippen LogP contribution in [0.15, 0.2) is 36.5 Å². The molecule has 0 saturated carbocycles. The molecule has 3 aromatic rings. The molecule has 0 radical (unpaired) electrons. The van der Waals surface area contributed by atoms with Crippen LogP contribution in [0.5, 0.6) is 0 Å². The van der Waals surface area contributed by atoms with Gasteiger partial charge in [-0.2, -0.15) is 5.10 Å². The van der Waals surface area contributed by atoms with E-state index in [4.69, 9.17) is 5.73 Å². The van der Waals surface area contributed by atoms with Crippen LogP contribution in [0.3, 0.4) is 0 Å². The van der Waals surface area contributed by atoms with Crippen molar-refractivity contribution < 1.29 is 9.18 Å². The predicted molar refractivity (Wildman–Crippen MR) is 76.2 cm³/mol. The summed E-state index contributed by atoms with van der Waals surface area (Å²) in [4.78, 5) is 13.1. The van der Waals surface area contributed by atoms with Crippen LogP contribution in [0, 0.1) is 5.82 Å². The maximum Gasteiger partial charge on any atom is 0.267 e. The van der Waals surface area contributed by atoms with Gasteiger partial charge in [0.05, 0.1) is 11.9 Å². The summed E-state index contributed by atoms with van der Waals surface area (Å²) in [7, 11) is 0. The van der Waals surface area contributed by atoms with Gasteiger partial charge in [0.25, 0.3) is 5.91 Å². The van der Waals surface area contributed by atoms with Crippen molar-refractivity contribution in [2.75, 3.05) is 11.1 Å². The van der Waals surface area contributed by atoms with E-state index in [2.05, 4.69) is 15.5 Å². The second kappa shape index (κ2) is 4.86. The first-order valence-electron chi connectivity index (χ1n) is 5.72. The number of anilines is 2. The molecule has 3 N–H and O–H groups in total. The lowest BCUT2D eigenvalue weighted by molar-refractivity contribution is 0.103. The van der Waals surface area contributed by atoms with Crippen LogP contribution in [0.2, 0.25) is 0 Å². The van der Waals surface area contributed by atoms with Crippen LogP contribution in [-0.2, 0) is 0 Å². The summed E-state index contributed by atoms with van der Waals surface area (Å²) in [6, 6.07) is 7.22. The molecule has 0 saturated heterocycles. The molecule has 1 aromatic carbocycles. The van der Waals surface area contributed by atoms with Crippen molar-refractivity contribution in [3.8, 4) is 0 Å². The number of amides is 1. The van der Waals surface area contributed by atoms with Crippen molar-refractivity contribution in [2.45, 2.75) is 0 Å². The molecule has 0 atom stereocenters. The Kier molecular flexibility index (Phi) is 3.03. The molecular weight excluding hydrogens is 279 g/mol. The van der Waals surface area contributed by atoms with Crippen LogP contribution in [0.1, 0.15) is 9.67 Å². The van der Waals surface area contributed by atoms with Crippen molar-refractivity contribution in [2.24, 2.45) is 0 Å². The van der Waals surface area contributed by atoms with Gasteiger partial charge in [0.2, 0.25) is 0 Å². The van der Waals surface area contributed by atoms with Gasteiger partial charge in [-0.25, -0.2) is 4.39 Å². The molecular formula is C13H9FN4OS. The number of carbonyl (C=O) groups excluding carboxylic acids is 1. The SMILES string of the molecule is Nc1c(C(=O)Nc2ccc(F)cc2)sc2nnccc12. The van der Waals surface area contributed by atoms with E-state index >= 15 is 0 Å². The Labute approximate surface area is 117 Å². The molecule has 0 bridgehead atoms. The number of hydrogen-bond acceptors (Lipinski definition) is 5. The van der Waals surface area contributed by atoms with Gasteiger partial charge in [-0.1, -0.05) is 0 Å². The number of benzene rings is 1. The number of nitrogens with zero attached hydrogens (tertiary/aromatic N) is 2. The molecule has 2 aromatic heterocycles. The van der Waals surface area contributed by atoms with E-state index < -0.39 is 0 Å². The number of nitrogen functional groups attached to an aromatic ring is 1. The Hall–Kier alpha value is -2.54. The van der Waals surface area contributed by atoms with Gasteiger partial charge >= 0.3 is 0 Å². The second-order valence-electron chi connectivity index (χ2n) is 4.06. The third kappa shape index (κ3) is 2.19. The fraction of sp³-hybridized carbons (Fsp3) is 0. The maximum absolute atomic E-state index is 12.8. The normalized spacial score (nSPS) is 10.7. The molecule has 1 amide bonds. The lowest BCUT2D eigenvalue weighted by Gasteiger charge is -2.03. The summed E-state index contributed by atoms with van der Waals surface area (Å²) in [6.07, 6.45) is 1.52. The number of fused-ring (bicyclic) bond motifs is 1. The lowest BCUT2D eigenvalue weighted by atomic mass is 10.2. The lowest BCUT2D eigenvalue weighted by Crippen LogP contribution is -2.11. The fourth-order valence-electron chi connectivity index (χ4n) is 1.76. The number of carbonyl (C=O) groups is 1. The van der Waals surface area contributed by atoms with E-state index in [9.17, 15) is 9.18 Å². The van der Waals surface area contributed by atoms with E-state index in [0.29, 0.717) is 26.5 Å². The van der Waals surface area contributed by atoms with Gasteiger partial charge in [-0.15, -0.1) is 16.4 Å². The van der Waals surface area contributed by atoms with Crippen LogP contribution in [0.4, 0.5) is 15.8 Å². The molecule has 0 aliphatic carbocycles. The van der Waals surface area contributed by atoms with Crippen molar-refractivity contribution in [1.29, 1.82) is 0 Å². The minimum atomic E-state index is -0.361. The van der Waals surface area contributed by atoms with Crippen LogP contribution >= 0.6 is 11.3 Å². The highest BCUT2D eigenvalue weighted by atomic mass is 32.1. The van der Waals surface area contributed by atoms with Crippen LogP contribution < -0.4 is 11.1 Å². The van der Waals surface area contributed by atoms with Crippen molar-refractivity contribution in [3.63, 3.8) is 0 Å². The molecule has 0 fully saturated rings. The van der Waals surface area contributed by atoms with E-state index in [0.717, 1.165) is 0 Å². The Morgan fingerprint density at radius 2 is 2.00 bits per heavy atom. The second-order valence-corrected chi connectivity index (χ2v) is 5.05. The monoisotopic (exact) mass is 288 g/mol. The number of aromatic nitrogens is 2. The molecule has 3 rings (SSSR count). The minimum absolute atomic E-state index is 0.350. The summed E-state index contributed by atoms with van der Waals surface area (Å²) in [5.41, 5.74) is 6.81. The van der Waals surface area contributed by atoms with Crippen molar-refractivity contribution in [3.05, 3.63) is 47.2 Å². The zero-order valence-corrected chi connectivity index (χ0v) is 10.9. The van der Waals surface area contributed by atoms with Crippen molar-refractivity contribution in [1.82, 2.24) is 10.2 Å². The maximum atomic E-state index is 12.8. The molecule has 20 heavy (non-hydrogen) atoms. The number of rotatable bonds is 2. The molecule has 0 unspecified atom stereocenters. The number of hydrogen-bond donors (Lipinski definition) is 2. The highest BCUT2D eigenvalue weighted by Gasteiger charge is 2.17. The number of thiophene rings is 1. The first-order valence-corrected chi connectivity index (χ1v) is 6.53. The molecule has 0 aliphatic rings. The predicted octanol–water partition coefficient (Wildman–Crippen LogP) is 2.66. The Morgan fingerprint density at radius 3 is 2.70 bits per heavy atom. The largest absolute Gasteiger partial charge is 0.397 e. The highest BCUT2D eigenvalue weighted by molar-refractivity contribution is 7.21.